The van der Waals surface area contributed by atoms with Crippen molar-refractivity contribution < 1.29 is 9.63 Å². The summed E-state index contributed by atoms with van der Waals surface area (Å²) in [5.41, 5.74) is 4.98. The summed E-state index contributed by atoms with van der Waals surface area (Å²) in [5, 5.41) is 16.7. The number of pyridine rings is 2. The Balaban J connectivity index is 1.70. The van der Waals surface area contributed by atoms with Gasteiger partial charge in [0.15, 0.2) is 5.60 Å². The van der Waals surface area contributed by atoms with Gasteiger partial charge in [-0.15, -0.1) is 0 Å². The van der Waals surface area contributed by atoms with Gasteiger partial charge in [-0.3, -0.25) is 9.97 Å². The number of nitrogens with one attached hydrogen (secondary N) is 1. The molecule has 0 saturated heterocycles. The van der Waals surface area contributed by atoms with Crippen molar-refractivity contribution in [1.82, 2.24) is 25.1 Å². The largest absolute Gasteiger partial charge is 0.373 e. The van der Waals surface area contributed by atoms with E-state index in [1.807, 2.05) is 63.2 Å². The lowest BCUT2D eigenvalue weighted by Gasteiger charge is -2.29. The molecule has 0 aliphatic heterocycles. The summed E-state index contributed by atoms with van der Waals surface area (Å²) >= 11 is 0. The molecule has 1 aliphatic rings. The molecule has 1 unspecified atom stereocenters. The molecule has 0 amide bonds. The number of aliphatic hydroxyl groups is 1. The quantitative estimate of drug-likeness (QED) is 0.386. The summed E-state index contributed by atoms with van der Waals surface area (Å²) in [6.07, 6.45) is 3.93. The number of nitrogens with zero attached hydrogens (tertiary/aromatic N) is 4. The van der Waals surface area contributed by atoms with Crippen LogP contribution in [0.5, 0.6) is 0 Å². The first-order valence-electron chi connectivity index (χ1n) is 11.5. The van der Waals surface area contributed by atoms with Crippen molar-refractivity contribution in [1.29, 1.82) is 0 Å². The first kappa shape index (κ1) is 20.7. The molecule has 5 aromatic rings. The fourth-order valence-electron chi connectivity index (χ4n) is 4.73. The first-order valence-corrected chi connectivity index (χ1v) is 11.5. The molecular formula is C27H25N5O2. The molecule has 0 radical (unpaired) electrons. The van der Waals surface area contributed by atoms with Crippen LogP contribution in [0.3, 0.4) is 0 Å². The smallest absolute Gasteiger partial charge is 0.176 e. The van der Waals surface area contributed by atoms with Crippen LogP contribution in [0.2, 0.25) is 0 Å². The highest BCUT2D eigenvalue weighted by atomic mass is 16.5. The molecule has 1 atom stereocenters. The van der Waals surface area contributed by atoms with Gasteiger partial charge in [-0.2, -0.15) is 0 Å². The van der Waals surface area contributed by atoms with Gasteiger partial charge >= 0.3 is 0 Å². The summed E-state index contributed by atoms with van der Waals surface area (Å²) in [7, 11) is 0. The van der Waals surface area contributed by atoms with Gasteiger partial charge in [0, 0.05) is 28.9 Å². The summed E-state index contributed by atoms with van der Waals surface area (Å²) in [5.74, 6) is 2.11. The van der Waals surface area contributed by atoms with Crippen molar-refractivity contribution in [2.45, 2.75) is 45.1 Å². The maximum atomic E-state index is 12.6. The summed E-state index contributed by atoms with van der Waals surface area (Å²) in [6.45, 7) is 5.73. The number of aryl methyl sites for hydroxylation is 3. The Morgan fingerprint density at radius 3 is 2.50 bits per heavy atom. The number of fused-ring (bicyclic) bond motifs is 1. The molecule has 1 fully saturated rings. The average molecular weight is 452 g/mol. The SMILES string of the molecule is Cc1cccc(C(O)(c2ccccn2)c2cc(-c3c(C)noc3C)cc3[nH]c(C4CC4)nc23)n1. The molecule has 34 heavy (non-hydrogen) atoms. The van der Waals surface area contributed by atoms with Crippen molar-refractivity contribution in [2.75, 3.05) is 0 Å². The standard InChI is InChI=1S/C27H25N5O2/c1-15-7-6-9-23(29-15)27(33,22-8-4-5-12-28-22)20-13-19(24-16(2)32-34-17(24)3)14-21-25(20)31-26(30-21)18-10-11-18/h4-9,12-14,18,33H,10-11H2,1-3H3,(H,30,31). The van der Waals surface area contributed by atoms with E-state index in [0.717, 1.165) is 52.5 Å². The van der Waals surface area contributed by atoms with E-state index in [4.69, 9.17) is 14.5 Å². The first-order chi connectivity index (χ1) is 16.4. The Morgan fingerprint density at radius 2 is 1.82 bits per heavy atom. The minimum absolute atomic E-state index is 0.433. The highest BCUT2D eigenvalue weighted by molar-refractivity contribution is 5.88. The van der Waals surface area contributed by atoms with Crippen LogP contribution in [0.4, 0.5) is 0 Å². The van der Waals surface area contributed by atoms with Crippen molar-refractivity contribution in [2.24, 2.45) is 0 Å². The second-order valence-corrected chi connectivity index (χ2v) is 9.11. The van der Waals surface area contributed by atoms with Crippen molar-refractivity contribution in [3.8, 4) is 11.1 Å². The molecule has 6 rings (SSSR count). The van der Waals surface area contributed by atoms with E-state index in [1.165, 1.54) is 0 Å². The molecule has 1 saturated carbocycles. The zero-order chi connectivity index (χ0) is 23.4. The third kappa shape index (κ3) is 3.23. The molecule has 0 spiro atoms. The van der Waals surface area contributed by atoms with Gasteiger partial charge < -0.3 is 14.6 Å². The molecular weight excluding hydrogens is 426 g/mol. The molecule has 1 aliphatic carbocycles. The fraction of sp³-hybridized carbons (Fsp3) is 0.259. The van der Waals surface area contributed by atoms with Crippen LogP contribution in [-0.2, 0) is 5.60 Å². The average Bonchev–Trinajstić information content (AvgIpc) is 3.52. The number of hydrogen-bond donors (Lipinski definition) is 2. The predicted octanol–water partition coefficient (Wildman–Crippen LogP) is 5.09. The van der Waals surface area contributed by atoms with Gasteiger partial charge in [0.05, 0.1) is 28.1 Å². The highest BCUT2D eigenvalue weighted by Crippen LogP contribution is 2.44. The highest BCUT2D eigenvalue weighted by Gasteiger charge is 2.40. The third-order valence-corrected chi connectivity index (χ3v) is 6.58. The van der Waals surface area contributed by atoms with E-state index in [0.29, 0.717) is 28.4 Å². The molecule has 170 valence electrons. The van der Waals surface area contributed by atoms with E-state index < -0.39 is 5.60 Å². The zero-order valence-corrected chi connectivity index (χ0v) is 19.3. The summed E-state index contributed by atoms with van der Waals surface area (Å²) in [4.78, 5) is 17.8. The van der Waals surface area contributed by atoms with E-state index in [1.54, 1.807) is 6.20 Å². The van der Waals surface area contributed by atoms with Gasteiger partial charge in [0.2, 0.25) is 0 Å². The second kappa shape index (κ2) is 7.60. The number of aromatic amines is 1. The predicted molar refractivity (Wildman–Crippen MR) is 128 cm³/mol. The van der Waals surface area contributed by atoms with Crippen molar-refractivity contribution in [3.63, 3.8) is 0 Å². The van der Waals surface area contributed by atoms with Crippen LogP contribution in [0.1, 0.15) is 58.7 Å². The van der Waals surface area contributed by atoms with Gasteiger partial charge in [-0.25, -0.2) is 4.98 Å². The molecule has 0 bridgehead atoms. The van der Waals surface area contributed by atoms with Crippen LogP contribution in [0.25, 0.3) is 22.2 Å². The Kier molecular flexibility index (Phi) is 4.64. The number of hydrogen-bond acceptors (Lipinski definition) is 6. The molecule has 2 N–H and O–H groups in total. The van der Waals surface area contributed by atoms with Crippen LogP contribution < -0.4 is 0 Å². The maximum absolute atomic E-state index is 12.6. The Morgan fingerprint density at radius 1 is 1.00 bits per heavy atom. The third-order valence-electron chi connectivity index (χ3n) is 6.58. The second-order valence-electron chi connectivity index (χ2n) is 9.11. The Labute approximate surface area is 196 Å². The molecule has 4 aromatic heterocycles. The number of benzene rings is 1. The van der Waals surface area contributed by atoms with E-state index >= 15 is 0 Å². The van der Waals surface area contributed by atoms with Crippen LogP contribution in [-0.4, -0.2) is 30.2 Å². The number of H-pyrrole nitrogens is 1. The lowest BCUT2D eigenvalue weighted by Crippen LogP contribution is -2.31. The monoisotopic (exact) mass is 451 g/mol. The van der Waals surface area contributed by atoms with Gasteiger partial charge in [0.25, 0.3) is 0 Å². The van der Waals surface area contributed by atoms with Crippen LogP contribution >= 0.6 is 0 Å². The lowest BCUT2D eigenvalue weighted by molar-refractivity contribution is 0.117. The normalized spacial score (nSPS) is 15.5. The van der Waals surface area contributed by atoms with E-state index in [-0.39, 0.29) is 0 Å². The summed E-state index contributed by atoms with van der Waals surface area (Å²) in [6, 6.07) is 15.2. The van der Waals surface area contributed by atoms with Crippen molar-refractivity contribution >= 4 is 11.0 Å². The summed E-state index contributed by atoms with van der Waals surface area (Å²) < 4.78 is 5.46. The van der Waals surface area contributed by atoms with Crippen LogP contribution in [0, 0.1) is 20.8 Å². The van der Waals surface area contributed by atoms with Gasteiger partial charge in [-0.05, 0) is 75.6 Å². The topological polar surface area (TPSA) is 101 Å². The Bertz CT molecular complexity index is 1500. The number of rotatable bonds is 5. The molecule has 1 aromatic carbocycles. The lowest BCUT2D eigenvalue weighted by atomic mass is 9.83. The fourth-order valence-corrected chi connectivity index (χ4v) is 4.73. The molecule has 7 heteroatoms. The van der Waals surface area contributed by atoms with Gasteiger partial charge in [0.1, 0.15) is 11.6 Å². The van der Waals surface area contributed by atoms with Crippen LogP contribution in [0.15, 0.2) is 59.3 Å². The maximum Gasteiger partial charge on any atom is 0.176 e. The van der Waals surface area contributed by atoms with Gasteiger partial charge in [-0.1, -0.05) is 17.3 Å². The van der Waals surface area contributed by atoms with Crippen molar-refractivity contribution in [3.05, 3.63) is 94.7 Å². The van der Waals surface area contributed by atoms with E-state index in [2.05, 4.69) is 21.2 Å². The minimum Gasteiger partial charge on any atom is -0.373 e. The van der Waals surface area contributed by atoms with E-state index in [9.17, 15) is 5.11 Å². The molecule has 4 heterocycles. The molecule has 7 nitrogen and oxygen atoms in total. The zero-order valence-electron chi connectivity index (χ0n) is 19.3. The Hall–Kier alpha value is -3.84. The minimum atomic E-state index is -1.61. The number of imidazole rings is 1. The number of aromatic nitrogens is 5.